The summed E-state index contributed by atoms with van der Waals surface area (Å²) in [6, 6.07) is 0. The molecule has 22 heavy (non-hydrogen) atoms. The van der Waals surface area contributed by atoms with Gasteiger partial charge in [0.25, 0.3) is 0 Å². The third-order valence-corrected chi connectivity index (χ3v) is 3.89. The Morgan fingerprint density at radius 3 is 2.50 bits per heavy atom. The summed E-state index contributed by atoms with van der Waals surface area (Å²) in [6.07, 6.45) is 7.46. The minimum Gasteiger partial charge on any atom is -0.338 e. The van der Waals surface area contributed by atoms with Crippen molar-refractivity contribution in [1.29, 1.82) is 0 Å². The number of imidazole rings is 1. The summed E-state index contributed by atoms with van der Waals surface area (Å²) >= 11 is 0. The van der Waals surface area contributed by atoms with Gasteiger partial charge in [-0.05, 0) is 6.42 Å². The van der Waals surface area contributed by atoms with Gasteiger partial charge in [-0.25, -0.2) is 19.3 Å². The molecule has 0 unspecified atom stereocenters. The number of hydrogen-bond acceptors (Lipinski definition) is 5. The zero-order valence-electron chi connectivity index (χ0n) is 12.8. The topological polar surface area (TPSA) is 50.1 Å². The molecule has 1 aliphatic rings. The Kier molecular flexibility index (Phi) is 4.62. The Bertz CT molecular complexity index is 588. The van der Waals surface area contributed by atoms with Crippen LogP contribution in [0, 0.1) is 5.82 Å². The third-order valence-electron chi connectivity index (χ3n) is 3.89. The van der Waals surface area contributed by atoms with Gasteiger partial charge in [-0.15, -0.1) is 0 Å². The van der Waals surface area contributed by atoms with Gasteiger partial charge in [-0.1, -0.05) is 6.92 Å². The summed E-state index contributed by atoms with van der Waals surface area (Å²) in [6.45, 7) is 7.61. The van der Waals surface area contributed by atoms with Crippen LogP contribution in [0.15, 0.2) is 24.8 Å². The highest BCUT2D eigenvalue weighted by Gasteiger charge is 2.20. The predicted octanol–water partition coefficient (Wildman–Crippen LogP) is 1.54. The second kappa shape index (κ2) is 6.83. The van der Waals surface area contributed by atoms with Gasteiger partial charge >= 0.3 is 0 Å². The standard InChI is InChI=1S/C15H21FN6/c1-2-4-21-5-3-17-14(21)12-20-6-8-22(9-7-20)15-18-10-13(16)11-19-15/h3,5,10-11H,2,4,6-9,12H2,1H3. The minimum atomic E-state index is -0.398. The van der Waals surface area contributed by atoms with Crippen LogP contribution in [0.3, 0.4) is 0 Å². The Morgan fingerprint density at radius 1 is 1.09 bits per heavy atom. The fraction of sp³-hybridized carbons (Fsp3) is 0.533. The van der Waals surface area contributed by atoms with E-state index in [1.165, 1.54) is 12.4 Å². The smallest absolute Gasteiger partial charge is 0.225 e. The minimum absolute atomic E-state index is 0.398. The maximum absolute atomic E-state index is 12.9. The normalized spacial score (nSPS) is 16.2. The van der Waals surface area contributed by atoms with E-state index in [2.05, 4.69) is 36.2 Å². The van der Waals surface area contributed by atoms with Crippen molar-refractivity contribution in [2.45, 2.75) is 26.4 Å². The predicted molar refractivity (Wildman–Crippen MR) is 82.0 cm³/mol. The SMILES string of the molecule is CCCn1ccnc1CN1CCN(c2ncc(F)cn2)CC1. The monoisotopic (exact) mass is 304 g/mol. The van der Waals surface area contributed by atoms with E-state index < -0.39 is 5.82 Å². The number of aryl methyl sites for hydroxylation is 1. The van der Waals surface area contributed by atoms with E-state index in [1.807, 2.05) is 12.4 Å². The lowest BCUT2D eigenvalue weighted by atomic mass is 10.3. The Morgan fingerprint density at radius 2 is 1.82 bits per heavy atom. The van der Waals surface area contributed by atoms with Crippen LogP contribution < -0.4 is 4.90 Å². The van der Waals surface area contributed by atoms with Crippen molar-refractivity contribution in [3.63, 3.8) is 0 Å². The van der Waals surface area contributed by atoms with E-state index in [9.17, 15) is 4.39 Å². The first-order chi connectivity index (χ1) is 10.8. The van der Waals surface area contributed by atoms with E-state index in [1.54, 1.807) is 0 Å². The largest absolute Gasteiger partial charge is 0.338 e. The summed E-state index contributed by atoms with van der Waals surface area (Å²) in [5, 5.41) is 0. The van der Waals surface area contributed by atoms with Gasteiger partial charge in [-0.3, -0.25) is 4.90 Å². The molecule has 0 N–H and O–H groups in total. The van der Waals surface area contributed by atoms with Gasteiger partial charge in [-0.2, -0.15) is 0 Å². The van der Waals surface area contributed by atoms with Crippen LogP contribution in [0.5, 0.6) is 0 Å². The van der Waals surface area contributed by atoms with E-state index >= 15 is 0 Å². The molecule has 3 heterocycles. The van der Waals surface area contributed by atoms with Crippen molar-refractivity contribution in [1.82, 2.24) is 24.4 Å². The fourth-order valence-electron chi connectivity index (χ4n) is 2.71. The highest BCUT2D eigenvalue weighted by atomic mass is 19.1. The van der Waals surface area contributed by atoms with Crippen molar-refractivity contribution in [3.05, 3.63) is 36.4 Å². The first kappa shape index (κ1) is 14.9. The number of anilines is 1. The average Bonchev–Trinajstić information content (AvgIpc) is 2.97. The van der Waals surface area contributed by atoms with E-state index in [-0.39, 0.29) is 0 Å². The summed E-state index contributed by atoms with van der Waals surface area (Å²) in [5.41, 5.74) is 0. The van der Waals surface area contributed by atoms with Crippen molar-refractivity contribution in [3.8, 4) is 0 Å². The molecule has 0 spiro atoms. The van der Waals surface area contributed by atoms with Gasteiger partial charge in [0.1, 0.15) is 5.82 Å². The number of halogens is 1. The van der Waals surface area contributed by atoms with Crippen molar-refractivity contribution in [2.24, 2.45) is 0 Å². The summed E-state index contributed by atoms with van der Waals surface area (Å²) in [5.74, 6) is 1.33. The number of piperazine rings is 1. The zero-order chi connectivity index (χ0) is 15.4. The van der Waals surface area contributed by atoms with Crippen LogP contribution in [0.4, 0.5) is 10.3 Å². The van der Waals surface area contributed by atoms with Crippen LogP contribution >= 0.6 is 0 Å². The number of hydrogen-bond donors (Lipinski definition) is 0. The maximum atomic E-state index is 12.9. The van der Waals surface area contributed by atoms with Crippen molar-refractivity contribution < 1.29 is 4.39 Å². The fourth-order valence-corrected chi connectivity index (χ4v) is 2.71. The van der Waals surface area contributed by atoms with Crippen molar-refractivity contribution >= 4 is 5.95 Å². The lowest BCUT2D eigenvalue weighted by Crippen LogP contribution is -2.46. The molecule has 7 heteroatoms. The summed E-state index contributed by atoms with van der Waals surface area (Å²) in [7, 11) is 0. The second-order valence-corrected chi connectivity index (χ2v) is 5.50. The Labute approximate surface area is 129 Å². The van der Waals surface area contributed by atoms with Crippen LogP contribution in [0.2, 0.25) is 0 Å². The van der Waals surface area contributed by atoms with Gasteiger partial charge in [0.2, 0.25) is 5.95 Å². The zero-order valence-corrected chi connectivity index (χ0v) is 12.8. The molecule has 3 rings (SSSR count). The van der Waals surface area contributed by atoms with Crippen LogP contribution in [-0.2, 0) is 13.1 Å². The average molecular weight is 304 g/mol. The molecule has 0 atom stereocenters. The molecule has 0 bridgehead atoms. The molecule has 118 valence electrons. The molecular weight excluding hydrogens is 283 g/mol. The quantitative estimate of drug-likeness (QED) is 0.839. The van der Waals surface area contributed by atoms with Gasteiger partial charge in [0, 0.05) is 45.1 Å². The number of rotatable bonds is 5. The molecule has 6 nitrogen and oxygen atoms in total. The second-order valence-electron chi connectivity index (χ2n) is 5.50. The third kappa shape index (κ3) is 3.41. The van der Waals surface area contributed by atoms with E-state index in [0.29, 0.717) is 5.95 Å². The summed E-state index contributed by atoms with van der Waals surface area (Å²) < 4.78 is 15.1. The lowest BCUT2D eigenvalue weighted by molar-refractivity contribution is 0.239. The van der Waals surface area contributed by atoms with Crippen LogP contribution in [0.1, 0.15) is 19.2 Å². The van der Waals surface area contributed by atoms with Gasteiger partial charge < -0.3 is 9.47 Å². The number of nitrogens with zero attached hydrogens (tertiary/aromatic N) is 6. The molecule has 0 saturated carbocycles. The molecule has 0 aliphatic carbocycles. The molecule has 2 aromatic rings. The van der Waals surface area contributed by atoms with E-state index in [4.69, 9.17) is 0 Å². The van der Waals surface area contributed by atoms with Gasteiger partial charge in [0.15, 0.2) is 5.82 Å². The highest BCUT2D eigenvalue weighted by molar-refractivity contribution is 5.29. The Hall–Kier alpha value is -2.02. The molecule has 0 aromatic carbocycles. The molecule has 0 amide bonds. The molecule has 1 aliphatic heterocycles. The highest BCUT2D eigenvalue weighted by Crippen LogP contribution is 2.12. The molecular formula is C15H21FN6. The molecule has 2 aromatic heterocycles. The molecule has 1 saturated heterocycles. The number of aromatic nitrogens is 4. The summed E-state index contributed by atoms with van der Waals surface area (Å²) in [4.78, 5) is 17.0. The first-order valence-electron chi connectivity index (χ1n) is 7.71. The van der Waals surface area contributed by atoms with Crippen LogP contribution in [-0.4, -0.2) is 50.6 Å². The molecule has 0 radical (unpaired) electrons. The first-order valence-corrected chi connectivity index (χ1v) is 7.71. The van der Waals surface area contributed by atoms with E-state index in [0.717, 1.165) is 51.5 Å². The van der Waals surface area contributed by atoms with Crippen LogP contribution in [0.25, 0.3) is 0 Å². The maximum Gasteiger partial charge on any atom is 0.225 e. The van der Waals surface area contributed by atoms with Gasteiger partial charge in [0.05, 0.1) is 18.9 Å². The molecule has 1 fully saturated rings. The van der Waals surface area contributed by atoms with Crippen molar-refractivity contribution in [2.75, 3.05) is 31.1 Å². The lowest BCUT2D eigenvalue weighted by Gasteiger charge is -2.34. The Balaban J connectivity index is 1.55.